The lowest BCUT2D eigenvalue weighted by atomic mass is 10.2. The molecule has 114 valence electrons. The van der Waals surface area contributed by atoms with E-state index in [2.05, 4.69) is 15.3 Å². The van der Waals surface area contributed by atoms with E-state index in [9.17, 15) is 13.2 Å². The van der Waals surface area contributed by atoms with Crippen LogP contribution in [0.4, 0.5) is 13.2 Å². The zero-order valence-electron chi connectivity index (χ0n) is 11.4. The molecule has 1 N–H and O–H groups in total. The Kier molecular flexibility index (Phi) is 5.69. The summed E-state index contributed by atoms with van der Waals surface area (Å²) in [7, 11) is 0. The van der Waals surface area contributed by atoms with Gasteiger partial charge in [-0.25, -0.2) is 4.98 Å². The minimum atomic E-state index is -4.05. The van der Waals surface area contributed by atoms with Gasteiger partial charge in [-0.2, -0.15) is 13.2 Å². The van der Waals surface area contributed by atoms with E-state index in [1.165, 1.54) is 11.3 Å². The Morgan fingerprint density at radius 3 is 2.76 bits per heavy atom. The maximum atomic E-state index is 12.0. The normalized spacial score (nSPS) is 11.8. The van der Waals surface area contributed by atoms with Crippen LogP contribution in [-0.4, -0.2) is 22.7 Å². The standard InChI is InChI=1S/C14H16F3N3S/c15-14(16,17)6-2-4-7-18-9-11-10-21-13(20-11)12-5-1-3-8-19-12/h1,3,5,8,10,18H,2,4,6-7,9H2. The maximum Gasteiger partial charge on any atom is 0.389 e. The SMILES string of the molecule is FC(F)(F)CCCCNCc1csc(-c2ccccn2)n1. The van der Waals surface area contributed by atoms with Crippen LogP contribution >= 0.6 is 11.3 Å². The molecule has 2 aromatic heterocycles. The maximum absolute atomic E-state index is 12.0. The van der Waals surface area contributed by atoms with Crippen molar-refractivity contribution in [2.24, 2.45) is 0 Å². The summed E-state index contributed by atoms with van der Waals surface area (Å²) in [4.78, 5) is 8.68. The minimum Gasteiger partial charge on any atom is -0.311 e. The summed E-state index contributed by atoms with van der Waals surface area (Å²) in [5.41, 5.74) is 1.72. The molecule has 0 saturated heterocycles. The third kappa shape index (κ3) is 5.81. The Morgan fingerprint density at radius 1 is 1.19 bits per heavy atom. The molecule has 0 aliphatic carbocycles. The number of unbranched alkanes of at least 4 members (excludes halogenated alkanes) is 1. The van der Waals surface area contributed by atoms with Gasteiger partial charge in [0.15, 0.2) is 0 Å². The van der Waals surface area contributed by atoms with Crippen LogP contribution in [0.25, 0.3) is 10.7 Å². The van der Waals surface area contributed by atoms with Gasteiger partial charge in [-0.15, -0.1) is 11.3 Å². The van der Waals surface area contributed by atoms with Gasteiger partial charge in [-0.05, 0) is 31.5 Å². The average Bonchev–Trinajstić information content (AvgIpc) is 2.91. The van der Waals surface area contributed by atoms with Crippen molar-refractivity contribution in [1.29, 1.82) is 0 Å². The van der Waals surface area contributed by atoms with Gasteiger partial charge in [0.25, 0.3) is 0 Å². The van der Waals surface area contributed by atoms with Crippen LogP contribution in [0.5, 0.6) is 0 Å². The van der Waals surface area contributed by atoms with Gasteiger partial charge in [0.05, 0.1) is 11.4 Å². The summed E-state index contributed by atoms with van der Waals surface area (Å²) in [5, 5.41) is 5.90. The molecule has 0 fully saturated rings. The topological polar surface area (TPSA) is 37.8 Å². The van der Waals surface area contributed by atoms with Gasteiger partial charge in [0.2, 0.25) is 0 Å². The third-order valence-electron chi connectivity index (χ3n) is 2.81. The largest absolute Gasteiger partial charge is 0.389 e. The molecule has 3 nitrogen and oxygen atoms in total. The Bertz CT molecular complexity index is 540. The zero-order chi connectivity index (χ0) is 15.1. The van der Waals surface area contributed by atoms with Crippen molar-refractivity contribution in [3.63, 3.8) is 0 Å². The summed E-state index contributed by atoms with van der Waals surface area (Å²) in [6.07, 6.45) is -2.37. The van der Waals surface area contributed by atoms with Crippen molar-refractivity contribution in [2.45, 2.75) is 32.0 Å². The average molecular weight is 315 g/mol. The molecule has 2 heterocycles. The van der Waals surface area contributed by atoms with E-state index in [-0.39, 0.29) is 6.42 Å². The highest BCUT2D eigenvalue weighted by atomic mass is 32.1. The minimum absolute atomic E-state index is 0.159. The molecular weight excluding hydrogens is 299 g/mol. The molecule has 0 atom stereocenters. The van der Waals surface area contributed by atoms with Gasteiger partial charge < -0.3 is 5.32 Å². The number of halogens is 3. The summed E-state index contributed by atoms with van der Waals surface area (Å²) in [5.74, 6) is 0. The van der Waals surface area contributed by atoms with Crippen molar-refractivity contribution in [3.05, 3.63) is 35.5 Å². The molecule has 0 unspecified atom stereocenters. The molecule has 0 spiro atoms. The smallest absolute Gasteiger partial charge is 0.311 e. The Labute approximate surface area is 125 Å². The highest BCUT2D eigenvalue weighted by Crippen LogP contribution is 2.22. The first-order chi connectivity index (χ1) is 10.0. The lowest BCUT2D eigenvalue weighted by Gasteiger charge is -2.06. The summed E-state index contributed by atoms with van der Waals surface area (Å²) >= 11 is 1.51. The predicted octanol–water partition coefficient (Wildman–Crippen LogP) is 4.03. The van der Waals surface area contributed by atoms with Crippen molar-refractivity contribution in [3.8, 4) is 10.7 Å². The van der Waals surface area contributed by atoms with Crippen molar-refractivity contribution in [1.82, 2.24) is 15.3 Å². The predicted molar refractivity (Wildman–Crippen MR) is 77.0 cm³/mol. The fraction of sp³-hybridized carbons (Fsp3) is 0.429. The first-order valence-corrected chi connectivity index (χ1v) is 7.56. The van der Waals surface area contributed by atoms with E-state index in [0.717, 1.165) is 16.4 Å². The number of pyridine rings is 1. The fourth-order valence-corrected chi connectivity index (χ4v) is 2.58. The number of aromatic nitrogens is 2. The molecule has 0 saturated carbocycles. The van der Waals surface area contributed by atoms with Crippen LogP contribution in [0.1, 0.15) is 25.0 Å². The van der Waals surface area contributed by atoms with E-state index < -0.39 is 12.6 Å². The molecule has 0 bridgehead atoms. The molecule has 7 heteroatoms. The van der Waals surface area contributed by atoms with Crippen LogP contribution < -0.4 is 5.32 Å². The van der Waals surface area contributed by atoms with E-state index in [1.807, 2.05) is 23.6 Å². The van der Waals surface area contributed by atoms with Crippen LogP contribution in [-0.2, 0) is 6.54 Å². The van der Waals surface area contributed by atoms with Crippen molar-refractivity contribution < 1.29 is 13.2 Å². The number of hydrogen-bond donors (Lipinski definition) is 1. The molecule has 2 rings (SSSR count). The number of nitrogens with zero attached hydrogens (tertiary/aromatic N) is 2. The summed E-state index contributed by atoms with van der Waals surface area (Å²) < 4.78 is 35.9. The molecule has 2 aromatic rings. The quantitative estimate of drug-likeness (QED) is 0.784. The first kappa shape index (κ1) is 15.9. The molecule has 0 aliphatic rings. The third-order valence-corrected chi connectivity index (χ3v) is 3.72. The highest BCUT2D eigenvalue weighted by Gasteiger charge is 2.25. The fourth-order valence-electron chi connectivity index (χ4n) is 1.79. The number of alkyl halides is 3. The number of hydrogen-bond acceptors (Lipinski definition) is 4. The lowest BCUT2D eigenvalue weighted by Crippen LogP contribution is -2.16. The van der Waals surface area contributed by atoms with Crippen molar-refractivity contribution in [2.75, 3.05) is 6.54 Å². The van der Waals surface area contributed by atoms with E-state index in [0.29, 0.717) is 19.5 Å². The number of rotatable bonds is 7. The van der Waals surface area contributed by atoms with Gasteiger partial charge >= 0.3 is 6.18 Å². The van der Waals surface area contributed by atoms with Crippen LogP contribution in [0, 0.1) is 0 Å². The van der Waals surface area contributed by atoms with Gasteiger partial charge in [-0.3, -0.25) is 4.98 Å². The van der Waals surface area contributed by atoms with E-state index in [1.54, 1.807) is 6.20 Å². The lowest BCUT2D eigenvalue weighted by molar-refractivity contribution is -0.135. The second-order valence-electron chi connectivity index (χ2n) is 4.61. The zero-order valence-corrected chi connectivity index (χ0v) is 12.2. The van der Waals surface area contributed by atoms with Crippen molar-refractivity contribution >= 4 is 11.3 Å². The summed E-state index contributed by atoms with van der Waals surface area (Å²) in [6, 6.07) is 5.65. The van der Waals surface area contributed by atoms with Gasteiger partial charge in [0.1, 0.15) is 5.01 Å². The first-order valence-electron chi connectivity index (χ1n) is 6.68. The van der Waals surface area contributed by atoms with Crippen LogP contribution in [0.15, 0.2) is 29.8 Å². The molecule has 0 amide bonds. The van der Waals surface area contributed by atoms with Gasteiger partial charge in [0, 0.05) is 24.5 Å². The Hall–Kier alpha value is -1.47. The van der Waals surface area contributed by atoms with Crippen LogP contribution in [0.3, 0.4) is 0 Å². The second-order valence-corrected chi connectivity index (χ2v) is 5.47. The molecule has 0 aliphatic heterocycles. The molecule has 21 heavy (non-hydrogen) atoms. The highest BCUT2D eigenvalue weighted by molar-refractivity contribution is 7.13. The number of thiazole rings is 1. The van der Waals surface area contributed by atoms with E-state index >= 15 is 0 Å². The molecule has 0 radical (unpaired) electrons. The Balaban J connectivity index is 1.69. The summed E-state index contributed by atoms with van der Waals surface area (Å²) in [6.45, 7) is 1.13. The van der Waals surface area contributed by atoms with Crippen LogP contribution in [0.2, 0.25) is 0 Å². The van der Waals surface area contributed by atoms with Gasteiger partial charge in [-0.1, -0.05) is 6.07 Å². The molecule has 0 aromatic carbocycles. The second kappa shape index (κ2) is 7.51. The Morgan fingerprint density at radius 2 is 2.05 bits per heavy atom. The van der Waals surface area contributed by atoms with E-state index in [4.69, 9.17) is 0 Å². The number of nitrogens with one attached hydrogen (secondary N) is 1. The molecular formula is C14H16F3N3S. The monoisotopic (exact) mass is 315 g/mol.